The molecule has 0 radical (unpaired) electrons. The number of carboxylic acid groups (broad SMARTS) is 1. The van der Waals surface area contributed by atoms with Gasteiger partial charge in [-0.2, -0.15) is 0 Å². The lowest BCUT2D eigenvalue weighted by Crippen LogP contribution is -2.44. The van der Waals surface area contributed by atoms with Crippen molar-refractivity contribution < 1.29 is 34.3 Å². The summed E-state index contributed by atoms with van der Waals surface area (Å²) in [6, 6.07) is 0. The highest BCUT2D eigenvalue weighted by Gasteiger charge is 2.47. The number of aliphatic carboxylic acids is 1. The number of hydrogen-bond acceptors (Lipinski definition) is 8. The fraction of sp³-hybridized carbons (Fsp3) is 0.462. The van der Waals surface area contributed by atoms with Gasteiger partial charge in [0.2, 0.25) is 11.5 Å². The van der Waals surface area contributed by atoms with Crippen LogP contribution in [0.5, 0.6) is 11.5 Å². The molecule has 130 valence electrons. The van der Waals surface area contributed by atoms with Gasteiger partial charge in [-0.3, -0.25) is 20.2 Å². The number of aliphatic hydroxyl groups is 1. The van der Waals surface area contributed by atoms with Gasteiger partial charge < -0.3 is 19.7 Å². The molecular formula is C13H14N2O9. The Labute approximate surface area is 134 Å². The van der Waals surface area contributed by atoms with E-state index in [-0.39, 0.29) is 29.7 Å². The Morgan fingerprint density at radius 1 is 1.08 bits per heavy atom. The molecule has 11 heteroatoms. The fourth-order valence-electron chi connectivity index (χ4n) is 2.90. The van der Waals surface area contributed by atoms with Crippen LogP contribution in [0.2, 0.25) is 0 Å². The Hall–Kier alpha value is -2.95. The summed E-state index contributed by atoms with van der Waals surface area (Å²) in [4.78, 5) is 32.0. The highest BCUT2D eigenvalue weighted by atomic mass is 16.6. The Bertz CT molecular complexity index is 746. The lowest BCUT2D eigenvalue weighted by Gasteiger charge is -2.31. The molecule has 11 nitrogen and oxygen atoms in total. The maximum atomic E-state index is 11.3. The van der Waals surface area contributed by atoms with Gasteiger partial charge in [0, 0.05) is 17.5 Å². The summed E-state index contributed by atoms with van der Waals surface area (Å²) in [7, 11) is 2.20. The van der Waals surface area contributed by atoms with Crippen molar-refractivity contribution in [2.45, 2.75) is 24.9 Å². The van der Waals surface area contributed by atoms with Crippen molar-refractivity contribution in [1.29, 1.82) is 0 Å². The standard InChI is InChI=1S/C13H14N2O9/c1-23-10-6-3-4-13(18,12(16)17)5-7(6)11(24-2)9(15(21)22)8(10)14(19)20/h18H,3-5H2,1-2H3,(H,16,17). The quantitative estimate of drug-likeness (QED) is 0.582. The summed E-state index contributed by atoms with van der Waals surface area (Å²) in [5.74, 6) is -2.26. The smallest absolute Gasteiger partial charge is 0.391 e. The van der Waals surface area contributed by atoms with Crippen LogP contribution in [0.15, 0.2) is 0 Å². The van der Waals surface area contributed by atoms with Crippen LogP contribution in [0, 0.1) is 20.2 Å². The average molecular weight is 342 g/mol. The van der Waals surface area contributed by atoms with Crippen molar-refractivity contribution in [2.75, 3.05) is 14.2 Å². The van der Waals surface area contributed by atoms with Crippen LogP contribution in [0.25, 0.3) is 0 Å². The van der Waals surface area contributed by atoms with Crippen LogP contribution in [-0.2, 0) is 17.6 Å². The molecule has 0 aromatic heterocycles. The van der Waals surface area contributed by atoms with Gasteiger partial charge in [0.1, 0.15) is 0 Å². The van der Waals surface area contributed by atoms with E-state index in [2.05, 4.69) is 0 Å². The van der Waals surface area contributed by atoms with Crippen molar-refractivity contribution in [2.24, 2.45) is 0 Å². The molecule has 0 saturated heterocycles. The zero-order valence-electron chi connectivity index (χ0n) is 12.8. The molecular weight excluding hydrogens is 328 g/mol. The summed E-state index contributed by atoms with van der Waals surface area (Å²) >= 11 is 0. The normalized spacial score (nSPS) is 19.3. The molecule has 0 amide bonds. The third-order valence-corrected chi connectivity index (χ3v) is 4.00. The number of fused-ring (bicyclic) bond motifs is 1. The monoisotopic (exact) mass is 342 g/mol. The molecule has 1 unspecified atom stereocenters. The topological polar surface area (TPSA) is 162 Å². The van der Waals surface area contributed by atoms with E-state index in [1.165, 1.54) is 0 Å². The van der Waals surface area contributed by atoms with Crippen molar-refractivity contribution in [1.82, 2.24) is 0 Å². The molecule has 0 saturated carbocycles. The Balaban J connectivity index is 2.88. The number of methoxy groups -OCH3 is 2. The number of carboxylic acids is 1. The van der Waals surface area contributed by atoms with Crippen LogP contribution in [0.1, 0.15) is 17.5 Å². The van der Waals surface area contributed by atoms with Gasteiger partial charge in [-0.25, -0.2) is 4.79 Å². The molecule has 24 heavy (non-hydrogen) atoms. The molecule has 1 aromatic rings. The Morgan fingerprint density at radius 2 is 1.54 bits per heavy atom. The van der Waals surface area contributed by atoms with Gasteiger partial charge in [-0.05, 0) is 12.8 Å². The molecule has 1 aliphatic carbocycles. The fourth-order valence-corrected chi connectivity index (χ4v) is 2.90. The first-order chi connectivity index (χ1) is 11.2. The lowest BCUT2D eigenvalue weighted by molar-refractivity contribution is -0.423. The van der Waals surface area contributed by atoms with E-state index in [0.29, 0.717) is 0 Å². The molecule has 0 bridgehead atoms. The summed E-state index contributed by atoms with van der Waals surface area (Å²) < 4.78 is 9.96. The summed E-state index contributed by atoms with van der Waals surface area (Å²) in [6.45, 7) is 0. The van der Waals surface area contributed by atoms with Crippen LogP contribution < -0.4 is 9.47 Å². The molecule has 0 fully saturated rings. The molecule has 1 aliphatic rings. The number of nitro groups is 2. The minimum Gasteiger partial charge on any atom is -0.490 e. The average Bonchev–Trinajstić information content (AvgIpc) is 2.51. The number of ether oxygens (including phenoxy) is 2. The zero-order chi connectivity index (χ0) is 18.2. The minimum absolute atomic E-state index is 0.0165. The molecule has 2 N–H and O–H groups in total. The predicted octanol–water partition coefficient (Wildman–Crippen LogP) is 0.825. The van der Waals surface area contributed by atoms with E-state index >= 15 is 0 Å². The lowest BCUT2D eigenvalue weighted by atomic mass is 9.79. The summed E-state index contributed by atoms with van der Waals surface area (Å²) in [6.07, 6.45) is -0.781. The molecule has 0 heterocycles. The summed E-state index contributed by atoms with van der Waals surface area (Å²) in [5, 5.41) is 42.0. The van der Waals surface area contributed by atoms with E-state index in [9.17, 15) is 35.2 Å². The molecule has 1 aromatic carbocycles. The van der Waals surface area contributed by atoms with Gasteiger partial charge in [0.15, 0.2) is 5.60 Å². The van der Waals surface area contributed by atoms with Crippen molar-refractivity contribution in [3.05, 3.63) is 31.4 Å². The van der Waals surface area contributed by atoms with E-state index in [1.54, 1.807) is 0 Å². The van der Waals surface area contributed by atoms with Crippen molar-refractivity contribution >= 4 is 17.3 Å². The molecule has 0 aliphatic heterocycles. The number of hydrogen-bond donors (Lipinski definition) is 2. The van der Waals surface area contributed by atoms with Crippen molar-refractivity contribution in [3.8, 4) is 11.5 Å². The minimum atomic E-state index is -2.14. The van der Waals surface area contributed by atoms with E-state index in [0.717, 1.165) is 14.2 Å². The molecule has 0 spiro atoms. The zero-order valence-corrected chi connectivity index (χ0v) is 12.8. The first-order valence-corrected chi connectivity index (χ1v) is 6.72. The van der Waals surface area contributed by atoms with Gasteiger partial charge >= 0.3 is 17.3 Å². The van der Waals surface area contributed by atoms with E-state index in [4.69, 9.17) is 9.47 Å². The first-order valence-electron chi connectivity index (χ1n) is 6.72. The predicted molar refractivity (Wildman–Crippen MR) is 77.5 cm³/mol. The van der Waals surface area contributed by atoms with E-state index < -0.39 is 45.0 Å². The second-order valence-corrected chi connectivity index (χ2v) is 5.25. The van der Waals surface area contributed by atoms with Gasteiger partial charge in [-0.1, -0.05) is 0 Å². The maximum absolute atomic E-state index is 11.3. The number of benzene rings is 1. The third kappa shape index (κ3) is 2.48. The van der Waals surface area contributed by atoms with Gasteiger partial charge in [0.25, 0.3) is 0 Å². The maximum Gasteiger partial charge on any atom is 0.391 e. The second kappa shape index (κ2) is 5.92. The highest BCUT2D eigenvalue weighted by molar-refractivity contribution is 5.81. The highest BCUT2D eigenvalue weighted by Crippen LogP contribution is 2.51. The second-order valence-electron chi connectivity index (χ2n) is 5.25. The molecule has 1 atom stereocenters. The third-order valence-electron chi connectivity index (χ3n) is 4.00. The molecule has 2 rings (SSSR count). The van der Waals surface area contributed by atoms with Crippen LogP contribution in [0.4, 0.5) is 11.4 Å². The van der Waals surface area contributed by atoms with Gasteiger partial charge in [0.05, 0.1) is 24.1 Å². The van der Waals surface area contributed by atoms with Crippen LogP contribution >= 0.6 is 0 Å². The largest absolute Gasteiger partial charge is 0.490 e. The first kappa shape index (κ1) is 17.4. The SMILES string of the molecule is COc1c2c(c(OC)c([N+](=O)[O-])c1[N+](=O)[O-])CC(O)(C(=O)O)CC2. The number of nitrogens with zero attached hydrogens (tertiary/aromatic N) is 2. The Morgan fingerprint density at radius 3 is 1.92 bits per heavy atom. The number of carbonyl (C=O) groups is 1. The van der Waals surface area contributed by atoms with Crippen LogP contribution in [0.3, 0.4) is 0 Å². The van der Waals surface area contributed by atoms with Crippen LogP contribution in [-0.4, -0.2) is 45.8 Å². The van der Waals surface area contributed by atoms with Gasteiger partial charge in [-0.15, -0.1) is 0 Å². The number of nitro benzene ring substituents is 2. The summed E-state index contributed by atoms with van der Waals surface area (Å²) in [5.41, 5.74) is -3.71. The van der Waals surface area contributed by atoms with Crippen molar-refractivity contribution in [3.63, 3.8) is 0 Å². The van der Waals surface area contributed by atoms with E-state index in [1.807, 2.05) is 0 Å². The number of rotatable bonds is 5. The Kier molecular flexibility index (Phi) is 4.30.